The second-order valence-electron chi connectivity index (χ2n) is 5.99. The Morgan fingerprint density at radius 1 is 1.23 bits per heavy atom. The van der Waals surface area contributed by atoms with Crippen LogP contribution in [0.1, 0.15) is 37.3 Å². The van der Waals surface area contributed by atoms with Crippen LogP contribution in [-0.4, -0.2) is 24.5 Å². The molecule has 2 aliphatic rings. The van der Waals surface area contributed by atoms with Crippen LogP contribution in [0.25, 0.3) is 0 Å². The van der Waals surface area contributed by atoms with E-state index < -0.39 is 6.04 Å². The molecule has 3 amide bonds. The summed E-state index contributed by atoms with van der Waals surface area (Å²) >= 11 is 0. The van der Waals surface area contributed by atoms with Crippen molar-refractivity contribution in [3.63, 3.8) is 0 Å². The molecule has 3 N–H and O–H groups in total. The molecule has 22 heavy (non-hydrogen) atoms. The third-order valence-electron chi connectivity index (χ3n) is 4.49. The number of amides is 3. The third kappa shape index (κ3) is 3.21. The Hall–Kier alpha value is -2.11. The Morgan fingerprint density at radius 3 is 2.50 bits per heavy atom. The van der Waals surface area contributed by atoms with Gasteiger partial charge in [0.15, 0.2) is 0 Å². The maximum absolute atomic E-state index is 13.1. The fourth-order valence-corrected chi connectivity index (χ4v) is 3.30. The topological polar surface area (TPSA) is 70.2 Å². The number of carbonyl (C=O) groups is 2. The zero-order valence-corrected chi connectivity index (χ0v) is 12.3. The van der Waals surface area contributed by atoms with Crippen LogP contribution < -0.4 is 16.0 Å². The minimum absolute atomic E-state index is 0.131. The highest BCUT2D eigenvalue weighted by Crippen LogP contribution is 2.35. The summed E-state index contributed by atoms with van der Waals surface area (Å²) in [4.78, 5) is 23.5. The van der Waals surface area contributed by atoms with Gasteiger partial charge in [0.1, 0.15) is 11.9 Å². The van der Waals surface area contributed by atoms with Crippen molar-refractivity contribution in [1.82, 2.24) is 16.0 Å². The van der Waals surface area contributed by atoms with Crippen molar-refractivity contribution in [3.8, 4) is 0 Å². The molecule has 1 aliphatic heterocycles. The van der Waals surface area contributed by atoms with Crippen molar-refractivity contribution in [2.24, 2.45) is 5.92 Å². The smallest absolute Gasteiger partial charge is 0.315 e. The summed E-state index contributed by atoms with van der Waals surface area (Å²) in [5, 5.41) is 8.21. The van der Waals surface area contributed by atoms with E-state index in [1.807, 2.05) is 0 Å². The van der Waals surface area contributed by atoms with Gasteiger partial charge in [-0.3, -0.25) is 4.79 Å². The summed E-state index contributed by atoms with van der Waals surface area (Å²) < 4.78 is 13.1. The van der Waals surface area contributed by atoms with Crippen LogP contribution in [0, 0.1) is 11.7 Å². The minimum atomic E-state index is -0.545. The quantitative estimate of drug-likeness (QED) is 0.794. The lowest BCUT2D eigenvalue weighted by Crippen LogP contribution is -2.45. The first-order valence-corrected chi connectivity index (χ1v) is 7.73. The number of urea groups is 1. The van der Waals surface area contributed by atoms with Crippen molar-refractivity contribution >= 4 is 11.9 Å². The largest absolute Gasteiger partial charge is 0.347 e. The predicted octanol–water partition coefficient (Wildman–Crippen LogP) is 1.85. The molecule has 1 aliphatic carbocycles. The molecule has 6 heteroatoms. The second kappa shape index (κ2) is 6.34. The molecule has 2 fully saturated rings. The van der Waals surface area contributed by atoms with Crippen molar-refractivity contribution in [2.75, 3.05) is 6.54 Å². The lowest BCUT2D eigenvalue weighted by Gasteiger charge is -2.26. The molecule has 0 bridgehead atoms. The highest BCUT2D eigenvalue weighted by Gasteiger charge is 2.32. The zero-order valence-electron chi connectivity index (χ0n) is 12.3. The second-order valence-corrected chi connectivity index (χ2v) is 5.99. The number of nitrogens with one attached hydrogen (secondary N) is 3. The van der Waals surface area contributed by atoms with Gasteiger partial charge >= 0.3 is 6.03 Å². The molecule has 2 atom stereocenters. The molecule has 0 radical (unpaired) electrons. The molecule has 0 aromatic heterocycles. The molecular weight excluding hydrogens is 285 g/mol. The highest BCUT2D eigenvalue weighted by atomic mass is 19.1. The summed E-state index contributed by atoms with van der Waals surface area (Å²) in [6, 6.07) is 5.29. The molecule has 1 aromatic rings. The van der Waals surface area contributed by atoms with Crippen LogP contribution in [0.5, 0.6) is 0 Å². The van der Waals surface area contributed by atoms with Gasteiger partial charge in [0, 0.05) is 6.54 Å². The van der Waals surface area contributed by atoms with E-state index in [1.54, 1.807) is 12.1 Å². The molecule has 0 unspecified atom stereocenters. The minimum Gasteiger partial charge on any atom is -0.347 e. The van der Waals surface area contributed by atoms with E-state index in [0.717, 1.165) is 31.2 Å². The first-order chi connectivity index (χ1) is 10.6. The van der Waals surface area contributed by atoms with Crippen LogP contribution in [0.4, 0.5) is 9.18 Å². The Morgan fingerprint density at radius 2 is 1.91 bits per heavy atom. The number of rotatable bonds is 4. The molecule has 5 nitrogen and oxygen atoms in total. The van der Waals surface area contributed by atoms with Crippen LogP contribution in [0.2, 0.25) is 0 Å². The Kier molecular flexibility index (Phi) is 4.27. The summed E-state index contributed by atoms with van der Waals surface area (Å²) in [5.41, 5.74) is 0.916. The SMILES string of the molecule is O=C1NC[C@@H](C(=O)N[C@@H](c2ccc(F)cc2)C2CCCC2)N1. The maximum Gasteiger partial charge on any atom is 0.315 e. The van der Waals surface area contributed by atoms with Gasteiger partial charge in [-0.05, 0) is 36.5 Å². The lowest BCUT2D eigenvalue weighted by atomic mass is 9.91. The summed E-state index contributed by atoms with van der Waals surface area (Å²) in [6.45, 7) is 0.297. The maximum atomic E-state index is 13.1. The van der Waals surface area contributed by atoms with Crippen molar-refractivity contribution in [3.05, 3.63) is 35.6 Å². The molecule has 118 valence electrons. The van der Waals surface area contributed by atoms with Crippen LogP contribution in [0.3, 0.4) is 0 Å². The van der Waals surface area contributed by atoms with Gasteiger partial charge in [-0.15, -0.1) is 0 Å². The van der Waals surface area contributed by atoms with Gasteiger partial charge in [-0.1, -0.05) is 25.0 Å². The number of hydrogen-bond acceptors (Lipinski definition) is 2. The molecule has 1 saturated carbocycles. The first kappa shape index (κ1) is 14.8. The fraction of sp³-hybridized carbons (Fsp3) is 0.500. The van der Waals surface area contributed by atoms with E-state index in [1.165, 1.54) is 12.1 Å². The average Bonchev–Trinajstić information content (AvgIpc) is 3.17. The lowest BCUT2D eigenvalue weighted by molar-refractivity contribution is -0.123. The Balaban J connectivity index is 1.74. The summed E-state index contributed by atoms with van der Waals surface area (Å²) in [7, 11) is 0. The van der Waals surface area contributed by atoms with Crippen molar-refractivity contribution < 1.29 is 14.0 Å². The van der Waals surface area contributed by atoms with E-state index in [2.05, 4.69) is 16.0 Å². The number of halogens is 1. The molecular formula is C16H20FN3O2. The summed E-state index contributed by atoms with van der Waals surface area (Å²) in [6.07, 6.45) is 4.41. The molecule has 1 aromatic carbocycles. The van der Waals surface area contributed by atoms with Gasteiger partial charge in [0.05, 0.1) is 6.04 Å². The van der Waals surface area contributed by atoms with Crippen molar-refractivity contribution in [2.45, 2.75) is 37.8 Å². The number of carbonyl (C=O) groups excluding carboxylic acids is 2. The van der Waals surface area contributed by atoms with E-state index in [4.69, 9.17) is 0 Å². The first-order valence-electron chi connectivity index (χ1n) is 7.73. The predicted molar refractivity (Wildman–Crippen MR) is 79.6 cm³/mol. The zero-order chi connectivity index (χ0) is 15.5. The van der Waals surface area contributed by atoms with Gasteiger partial charge < -0.3 is 16.0 Å². The fourth-order valence-electron chi connectivity index (χ4n) is 3.30. The average molecular weight is 305 g/mol. The summed E-state index contributed by atoms with van der Waals surface area (Å²) in [5.74, 6) is -0.119. The highest BCUT2D eigenvalue weighted by molar-refractivity contribution is 5.90. The number of hydrogen-bond donors (Lipinski definition) is 3. The standard InChI is InChI=1S/C16H20FN3O2/c17-12-7-5-11(6-8-12)14(10-3-1-2-4-10)20-15(21)13-9-18-16(22)19-13/h5-8,10,13-14H,1-4,9H2,(H,20,21)(H2,18,19,22)/t13-,14+/m0/s1. The molecule has 1 heterocycles. The Labute approximate surface area is 128 Å². The van der Waals surface area contributed by atoms with Gasteiger partial charge in [0.25, 0.3) is 0 Å². The van der Waals surface area contributed by atoms with Gasteiger partial charge in [-0.2, -0.15) is 0 Å². The van der Waals surface area contributed by atoms with Crippen LogP contribution in [0.15, 0.2) is 24.3 Å². The molecule has 1 saturated heterocycles. The third-order valence-corrected chi connectivity index (χ3v) is 4.49. The van der Waals surface area contributed by atoms with Gasteiger partial charge in [0.2, 0.25) is 5.91 Å². The van der Waals surface area contributed by atoms with E-state index >= 15 is 0 Å². The van der Waals surface area contributed by atoms with Crippen molar-refractivity contribution in [1.29, 1.82) is 0 Å². The van der Waals surface area contributed by atoms with Crippen LogP contribution in [-0.2, 0) is 4.79 Å². The van der Waals surface area contributed by atoms with Gasteiger partial charge in [-0.25, -0.2) is 9.18 Å². The van der Waals surface area contributed by atoms with E-state index in [9.17, 15) is 14.0 Å². The van der Waals surface area contributed by atoms with Crippen LogP contribution >= 0.6 is 0 Å². The molecule has 3 rings (SSSR count). The Bertz CT molecular complexity index is 555. The number of benzene rings is 1. The van der Waals surface area contributed by atoms with E-state index in [-0.39, 0.29) is 23.8 Å². The molecule has 0 spiro atoms. The monoisotopic (exact) mass is 305 g/mol. The normalized spacial score (nSPS) is 23.0. The van der Waals surface area contributed by atoms with E-state index in [0.29, 0.717) is 12.5 Å².